The average Bonchev–Trinajstić information content (AvgIpc) is 2.45. The Morgan fingerprint density at radius 1 is 0.950 bits per heavy atom. The van der Waals surface area contributed by atoms with Crippen molar-refractivity contribution < 1.29 is 4.79 Å². The Morgan fingerprint density at radius 3 is 2.10 bits per heavy atom. The zero-order chi connectivity index (χ0) is 13.8. The van der Waals surface area contributed by atoms with Crippen molar-refractivity contribution in [3.8, 4) is 0 Å². The average molecular weight is 283 g/mol. The van der Waals surface area contributed by atoms with E-state index in [1.807, 2.05) is 53.4 Å². The van der Waals surface area contributed by atoms with Crippen LogP contribution in [0.5, 0.6) is 0 Å². The molecular formula is C17H17NOS. The van der Waals surface area contributed by atoms with E-state index in [-0.39, 0.29) is 11.2 Å². The lowest BCUT2D eigenvalue weighted by Crippen LogP contribution is -2.44. The van der Waals surface area contributed by atoms with Gasteiger partial charge in [0.15, 0.2) is 0 Å². The first-order valence-corrected chi connectivity index (χ1v) is 7.78. The van der Waals surface area contributed by atoms with Crippen molar-refractivity contribution in [1.29, 1.82) is 0 Å². The van der Waals surface area contributed by atoms with Crippen molar-refractivity contribution in [2.75, 3.05) is 13.1 Å². The molecular weight excluding hydrogens is 266 g/mol. The first kappa shape index (κ1) is 13.3. The van der Waals surface area contributed by atoms with Crippen LogP contribution in [0.4, 0.5) is 0 Å². The zero-order valence-corrected chi connectivity index (χ0v) is 12.1. The van der Waals surface area contributed by atoms with E-state index in [1.165, 1.54) is 0 Å². The van der Waals surface area contributed by atoms with Crippen molar-refractivity contribution in [1.82, 2.24) is 4.90 Å². The minimum absolute atomic E-state index is 0.140. The van der Waals surface area contributed by atoms with Gasteiger partial charge in [0, 0.05) is 18.0 Å². The summed E-state index contributed by atoms with van der Waals surface area (Å²) in [5.74, 6) is 0.233. The molecule has 0 spiro atoms. The minimum Gasteiger partial charge on any atom is -0.341 e. The van der Waals surface area contributed by atoms with Gasteiger partial charge in [0.25, 0.3) is 0 Å². The van der Waals surface area contributed by atoms with Gasteiger partial charge in [0.05, 0.1) is 0 Å². The number of rotatable bonds is 4. The van der Waals surface area contributed by atoms with E-state index in [0.717, 1.165) is 30.0 Å². The normalized spacial score (nSPS) is 15.5. The highest BCUT2D eigenvalue weighted by Gasteiger charge is 2.29. The molecule has 102 valence electrons. The summed E-state index contributed by atoms with van der Waals surface area (Å²) >= 11 is 1.64. The summed E-state index contributed by atoms with van der Waals surface area (Å²) in [7, 11) is 0. The quantitative estimate of drug-likeness (QED) is 0.796. The molecule has 2 nitrogen and oxygen atoms in total. The van der Waals surface area contributed by atoms with Crippen LogP contribution in [-0.4, -0.2) is 23.9 Å². The predicted molar refractivity (Wildman–Crippen MR) is 82.7 cm³/mol. The highest BCUT2D eigenvalue weighted by atomic mass is 32.2. The molecule has 20 heavy (non-hydrogen) atoms. The second-order valence-corrected chi connectivity index (χ2v) is 6.08. The van der Waals surface area contributed by atoms with Gasteiger partial charge in [0.1, 0.15) is 5.25 Å². The van der Waals surface area contributed by atoms with Crippen LogP contribution in [0, 0.1) is 0 Å². The molecule has 2 aromatic carbocycles. The topological polar surface area (TPSA) is 20.3 Å². The van der Waals surface area contributed by atoms with Crippen molar-refractivity contribution in [3.63, 3.8) is 0 Å². The maximum absolute atomic E-state index is 12.6. The maximum Gasteiger partial charge on any atom is 0.240 e. The second-order valence-electron chi connectivity index (χ2n) is 4.90. The van der Waals surface area contributed by atoms with E-state index in [9.17, 15) is 4.79 Å². The number of hydrogen-bond acceptors (Lipinski definition) is 2. The third-order valence-electron chi connectivity index (χ3n) is 3.49. The molecule has 1 aliphatic rings. The summed E-state index contributed by atoms with van der Waals surface area (Å²) in [6.45, 7) is 1.80. The predicted octanol–water partition coefficient (Wildman–Crippen LogP) is 3.75. The van der Waals surface area contributed by atoms with Crippen LogP contribution in [0.25, 0.3) is 0 Å². The molecule has 1 aliphatic heterocycles. The van der Waals surface area contributed by atoms with Gasteiger partial charge in [-0.15, -0.1) is 11.8 Å². The summed E-state index contributed by atoms with van der Waals surface area (Å²) in [5.41, 5.74) is 1.08. The number of benzene rings is 2. The van der Waals surface area contributed by atoms with E-state index < -0.39 is 0 Å². The Morgan fingerprint density at radius 2 is 1.55 bits per heavy atom. The lowest BCUT2D eigenvalue weighted by atomic mass is 10.1. The molecule has 1 saturated heterocycles. The molecule has 3 rings (SSSR count). The molecule has 0 aromatic heterocycles. The molecule has 0 bridgehead atoms. The van der Waals surface area contributed by atoms with Crippen LogP contribution in [-0.2, 0) is 4.79 Å². The number of thioether (sulfide) groups is 1. The maximum atomic E-state index is 12.6. The smallest absolute Gasteiger partial charge is 0.240 e. The monoisotopic (exact) mass is 283 g/mol. The van der Waals surface area contributed by atoms with Gasteiger partial charge in [-0.3, -0.25) is 4.79 Å². The van der Waals surface area contributed by atoms with Crippen LogP contribution < -0.4 is 0 Å². The highest BCUT2D eigenvalue weighted by molar-refractivity contribution is 8.00. The fourth-order valence-electron chi connectivity index (χ4n) is 2.23. The Hall–Kier alpha value is -1.74. The Kier molecular flexibility index (Phi) is 4.07. The van der Waals surface area contributed by atoms with Crippen LogP contribution in [0.15, 0.2) is 65.6 Å². The summed E-state index contributed by atoms with van der Waals surface area (Å²) in [6, 6.07) is 20.2. The molecule has 1 heterocycles. The molecule has 2 aromatic rings. The highest BCUT2D eigenvalue weighted by Crippen LogP contribution is 2.37. The third kappa shape index (κ3) is 2.88. The number of carbonyl (C=O) groups is 1. The summed E-state index contributed by atoms with van der Waals surface area (Å²) < 4.78 is 0. The molecule has 0 radical (unpaired) electrons. The van der Waals surface area contributed by atoms with Crippen LogP contribution >= 0.6 is 11.8 Å². The molecule has 1 unspecified atom stereocenters. The van der Waals surface area contributed by atoms with E-state index >= 15 is 0 Å². The van der Waals surface area contributed by atoms with Crippen LogP contribution in [0.3, 0.4) is 0 Å². The van der Waals surface area contributed by atoms with Gasteiger partial charge in [-0.1, -0.05) is 48.5 Å². The van der Waals surface area contributed by atoms with Crippen LogP contribution in [0.2, 0.25) is 0 Å². The van der Waals surface area contributed by atoms with Crippen molar-refractivity contribution in [2.45, 2.75) is 16.6 Å². The molecule has 0 saturated carbocycles. The summed E-state index contributed by atoms with van der Waals surface area (Å²) in [5, 5.41) is -0.140. The van der Waals surface area contributed by atoms with Gasteiger partial charge in [-0.05, 0) is 24.1 Å². The number of nitrogens with zero attached hydrogens (tertiary/aromatic N) is 1. The Labute approximate surface area is 123 Å². The summed E-state index contributed by atoms with van der Waals surface area (Å²) in [4.78, 5) is 15.7. The van der Waals surface area contributed by atoms with Gasteiger partial charge < -0.3 is 4.90 Å². The van der Waals surface area contributed by atoms with Gasteiger partial charge in [-0.25, -0.2) is 0 Å². The Bertz CT molecular complexity index is 566. The van der Waals surface area contributed by atoms with Crippen LogP contribution in [0.1, 0.15) is 17.2 Å². The fourth-order valence-corrected chi connectivity index (χ4v) is 3.36. The molecule has 0 aliphatic carbocycles. The number of hydrogen-bond donors (Lipinski definition) is 0. The number of amides is 1. The molecule has 1 amide bonds. The number of carbonyl (C=O) groups excluding carboxylic acids is 1. The standard InChI is InChI=1S/C17H17NOS/c19-17(18-12-7-13-18)16(14-8-3-1-4-9-14)20-15-10-5-2-6-11-15/h1-6,8-11,16H,7,12-13H2. The zero-order valence-electron chi connectivity index (χ0n) is 11.2. The lowest BCUT2D eigenvalue weighted by Gasteiger charge is -2.34. The molecule has 1 fully saturated rings. The lowest BCUT2D eigenvalue weighted by molar-refractivity contribution is -0.134. The first-order valence-electron chi connectivity index (χ1n) is 6.90. The van der Waals surface area contributed by atoms with Gasteiger partial charge in [0.2, 0.25) is 5.91 Å². The molecule has 1 atom stereocenters. The van der Waals surface area contributed by atoms with Crippen molar-refractivity contribution in [3.05, 3.63) is 66.2 Å². The van der Waals surface area contributed by atoms with E-state index in [2.05, 4.69) is 12.1 Å². The third-order valence-corrected chi connectivity index (χ3v) is 4.75. The van der Waals surface area contributed by atoms with Gasteiger partial charge in [-0.2, -0.15) is 0 Å². The minimum atomic E-state index is -0.140. The van der Waals surface area contributed by atoms with Gasteiger partial charge >= 0.3 is 0 Å². The number of likely N-dealkylation sites (tertiary alicyclic amines) is 1. The first-order chi connectivity index (χ1) is 9.84. The SMILES string of the molecule is O=C(C(Sc1ccccc1)c1ccccc1)N1CCC1. The van der Waals surface area contributed by atoms with E-state index in [4.69, 9.17) is 0 Å². The van der Waals surface area contributed by atoms with E-state index in [1.54, 1.807) is 11.8 Å². The second kappa shape index (κ2) is 6.14. The fraction of sp³-hybridized carbons (Fsp3) is 0.235. The summed E-state index contributed by atoms with van der Waals surface area (Å²) in [6.07, 6.45) is 1.13. The molecule has 0 N–H and O–H groups in total. The Balaban J connectivity index is 1.85. The van der Waals surface area contributed by atoms with Crippen molar-refractivity contribution >= 4 is 17.7 Å². The molecule has 3 heteroatoms. The largest absolute Gasteiger partial charge is 0.341 e. The van der Waals surface area contributed by atoms with E-state index in [0.29, 0.717) is 0 Å². The van der Waals surface area contributed by atoms with Crippen molar-refractivity contribution in [2.24, 2.45) is 0 Å².